The quantitative estimate of drug-likeness (QED) is 0.460. The number of hydrogen-bond acceptors (Lipinski definition) is 5. The van der Waals surface area contributed by atoms with Crippen LogP contribution in [0.5, 0.6) is 5.75 Å². The zero-order chi connectivity index (χ0) is 19.6. The first kappa shape index (κ1) is 19.1. The highest BCUT2D eigenvalue weighted by atomic mass is 16.5. The Balaban J connectivity index is 1.81. The maximum Gasteiger partial charge on any atom is 0.308 e. The number of benzene rings is 1. The largest absolute Gasteiger partial charge is 0.427 e. The Morgan fingerprint density at radius 2 is 1.67 bits per heavy atom. The van der Waals surface area contributed by atoms with Crippen LogP contribution in [0.15, 0.2) is 24.3 Å². The molecule has 27 heavy (non-hydrogen) atoms. The van der Waals surface area contributed by atoms with Crippen LogP contribution in [-0.2, 0) is 19.2 Å². The molecule has 1 heterocycles. The average Bonchev–Trinajstić information content (AvgIpc) is 2.90. The van der Waals surface area contributed by atoms with E-state index in [1.165, 1.54) is 26.0 Å². The molecule has 0 bridgehead atoms. The smallest absolute Gasteiger partial charge is 0.308 e. The fourth-order valence-electron chi connectivity index (χ4n) is 4.02. The summed E-state index contributed by atoms with van der Waals surface area (Å²) in [7, 11) is 0. The van der Waals surface area contributed by atoms with Gasteiger partial charge in [-0.05, 0) is 37.1 Å². The number of amides is 3. The van der Waals surface area contributed by atoms with E-state index in [1.807, 2.05) is 0 Å². The Kier molecular flexibility index (Phi) is 5.58. The summed E-state index contributed by atoms with van der Waals surface area (Å²) < 4.78 is 4.98. The monoisotopic (exact) mass is 372 g/mol. The predicted molar refractivity (Wildman–Crippen MR) is 98.0 cm³/mol. The van der Waals surface area contributed by atoms with Gasteiger partial charge in [0.2, 0.25) is 11.8 Å². The van der Waals surface area contributed by atoms with Gasteiger partial charge in [-0.3, -0.25) is 19.2 Å². The lowest BCUT2D eigenvalue weighted by molar-refractivity contribution is -0.140. The number of esters is 1. The van der Waals surface area contributed by atoms with E-state index in [4.69, 9.17) is 4.74 Å². The zero-order valence-corrected chi connectivity index (χ0v) is 15.6. The highest BCUT2D eigenvalue weighted by molar-refractivity contribution is 6.23. The first-order chi connectivity index (χ1) is 12.9. The van der Waals surface area contributed by atoms with Crippen LogP contribution in [0.1, 0.15) is 52.4 Å². The van der Waals surface area contributed by atoms with Gasteiger partial charge < -0.3 is 9.64 Å². The first-order valence-electron chi connectivity index (χ1n) is 9.32. The molecule has 1 saturated heterocycles. The summed E-state index contributed by atoms with van der Waals surface area (Å²) >= 11 is 0. The molecular weight excluding hydrogens is 348 g/mol. The van der Waals surface area contributed by atoms with Gasteiger partial charge in [0.15, 0.2) is 0 Å². The molecule has 3 amide bonds. The van der Waals surface area contributed by atoms with Crippen LogP contribution in [-0.4, -0.2) is 40.7 Å². The van der Waals surface area contributed by atoms with Gasteiger partial charge in [0.25, 0.3) is 5.91 Å². The van der Waals surface area contributed by atoms with Crippen molar-refractivity contribution in [2.45, 2.75) is 64.5 Å². The highest BCUT2D eigenvalue weighted by Crippen LogP contribution is 2.31. The fraction of sp³-hybridized carbons (Fsp3) is 0.500. The summed E-state index contributed by atoms with van der Waals surface area (Å²) in [5, 5.41) is 0. The number of ether oxygens (including phenoxy) is 1. The third kappa shape index (κ3) is 4.02. The summed E-state index contributed by atoms with van der Waals surface area (Å²) in [5.41, 5.74) is 0.413. The normalized spacial score (nSPS) is 20.7. The van der Waals surface area contributed by atoms with Crippen molar-refractivity contribution in [3.05, 3.63) is 24.3 Å². The van der Waals surface area contributed by atoms with Crippen LogP contribution < -0.4 is 9.64 Å². The van der Waals surface area contributed by atoms with E-state index in [-0.39, 0.29) is 30.2 Å². The van der Waals surface area contributed by atoms with Crippen molar-refractivity contribution < 1.29 is 23.9 Å². The van der Waals surface area contributed by atoms with Gasteiger partial charge in [-0.15, -0.1) is 0 Å². The summed E-state index contributed by atoms with van der Waals surface area (Å²) in [5.74, 6) is -0.969. The number of carbonyl (C=O) groups is 4. The van der Waals surface area contributed by atoms with Gasteiger partial charge in [-0.25, -0.2) is 4.90 Å². The van der Waals surface area contributed by atoms with Crippen molar-refractivity contribution in [1.29, 1.82) is 0 Å². The third-order valence-corrected chi connectivity index (χ3v) is 5.15. The standard InChI is InChI=1S/C20H24N2O5/c1-13(23)21(15-6-4-3-5-7-15)18-12-19(25)22(20(18)26)16-8-10-17(11-9-16)27-14(2)24/h8-11,15,18H,3-7,12H2,1-2H3. The summed E-state index contributed by atoms with van der Waals surface area (Å²) in [6.07, 6.45) is 4.94. The highest BCUT2D eigenvalue weighted by Gasteiger charge is 2.45. The molecule has 1 aromatic carbocycles. The van der Waals surface area contributed by atoms with Crippen molar-refractivity contribution >= 4 is 29.4 Å². The molecule has 1 aromatic rings. The minimum absolute atomic E-state index is 0.000606. The SMILES string of the molecule is CC(=O)Oc1ccc(N2C(=O)CC(N(C(C)=O)C3CCCCC3)C2=O)cc1. The average molecular weight is 372 g/mol. The lowest BCUT2D eigenvalue weighted by Gasteiger charge is -2.36. The van der Waals surface area contributed by atoms with Crippen molar-refractivity contribution in [3.63, 3.8) is 0 Å². The molecule has 144 valence electrons. The molecule has 1 atom stereocenters. The number of anilines is 1. The predicted octanol–water partition coefficient (Wildman–Crippen LogP) is 2.43. The molecular formula is C20H24N2O5. The molecule has 1 unspecified atom stereocenters. The number of rotatable bonds is 4. The van der Waals surface area contributed by atoms with Crippen LogP contribution >= 0.6 is 0 Å². The Labute approximate surface area is 158 Å². The molecule has 2 fully saturated rings. The van der Waals surface area contributed by atoms with E-state index in [2.05, 4.69) is 0 Å². The maximum atomic E-state index is 13.0. The van der Waals surface area contributed by atoms with Gasteiger partial charge in [-0.2, -0.15) is 0 Å². The number of imide groups is 1. The second-order valence-corrected chi connectivity index (χ2v) is 7.09. The number of carbonyl (C=O) groups excluding carboxylic acids is 4. The van der Waals surface area contributed by atoms with Crippen LogP contribution in [0.4, 0.5) is 5.69 Å². The molecule has 2 aliphatic rings. The van der Waals surface area contributed by atoms with Crippen LogP contribution in [0, 0.1) is 0 Å². The molecule has 0 spiro atoms. The van der Waals surface area contributed by atoms with Gasteiger partial charge in [0, 0.05) is 19.9 Å². The van der Waals surface area contributed by atoms with E-state index >= 15 is 0 Å². The topological polar surface area (TPSA) is 84.0 Å². The lowest BCUT2D eigenvalue weighted by atomic mass is 9.92. The van der Waals surface area contributed by atoms with E-state index in [0.717, 1.165) is 37.0 Å². The molecule has 0 radical (unpaired) electrons. The summed E-state index contributed by atoms with van der Waals surface area (Å²) in [4.78, 5) is 51.6. The number of nitrogens with zero attached hydrogens (tertiary/aromatic N) is 2. The second kappa shape index (κ2) is 7.90. The van der Waals surface area contributed by atoms with Gasteiger partial charge in [0.05, 0.1) is 12.1 Å². The third-order valence-electron chi connectivity index (χ3n) is 5.15. The molecule has 3 rings (SSSR count). The van der Waals surface area contributed by atoms with Crippen molar-refractivity contribution in [3.8, 4) is 5.75 Å². The Bertz CT molecular complexity index is 752. The Morgan fingerprint density at radius 1 is 1.04 bits per heavy atom. The van der Waals surface area contributed by atoms with Crippen molar-refractivity contribution in [1.82, 2.24) is 4.90 Å². The minimum Gasteiger partial charge on any atom is -0.427 e. The van der Waals surface area contributed by atoms with E-state index in [9.17, 15) is 19.2 Å². The molecule has 1 aliphatic carbocycles. The van der Waals surface area contributed by atoms with E-state index < -0.39 is 12.0 Å². The lowest BCUT2D eigenvalue weighted by Crippen LogP contribution is -2.50. The maximum absolute atomic E-state index is 13.0. The van der Waals surface area contributed by atoms with E-state index in [0.29, 0.717) is 11.4 Å². The van der Waals surface area contributed by atoms with Crippen LogP contribution in [0.25, 0.3) is 0 Å². The Morgan fingerprint density at radius 3 is 2.22 bits per heavy atom. The molecule has 7 nitrogen and oxygen atoms in total. The van der Waals surface area contributed by atoms with Crippen molar-refractivity contribution in [2.75, 3.05) is 4.90 Å². The molecule has 0 N–H and O–H groups in total. The first-order valence-corrected chi connectivity index (χ1v) is 9.32. The summed E-state index contributed by atoms with van der Waals surface area (Å²) in [6, 6.07) is 5.48. The fourth-order valence-corrected chi connectivity index (χ4v) is 4.02. The van der Waals surface area contributed by atoms with E-state index in [1.54, 1.807) is 17.0 Å². The molecule has 1 saturated carbocycles. The van der Waals surface area contributed by atoms with Gasteiger partial charge in [0.1, 0.15) is 11.8 Å². The Hall–Kier alpha value is -2.70. The van der Waals surface area contributed by atoms with Crippen LogP contribution in [0.2, 0.25) is 0 Å². The zero-order valence-electron chi connectivity index (χ0n) is 15.6. The molecule has 1 aliphatic heterocycles. The van der Waals surface area contributed by atoms with Crippen molar-refractivity contribution in [2.24, 2.45) is 0 Å². The van der Waals surface area contributed by atoms with Crippen LogP contribution in [0.3, 0.4) is 0 Å². The second-order valence-electron chi connectivity index (χ2n) is 7.09. The molecule has 7 heteroatoms. The molecule has 0 aromatic heterocycles. The minimum atomic E-state index is -0.744. The van der Waals surface area contributed by atoms with Gasteiger partial charge in [-0.1, -0.05) is 19.3 Å². The summed E-state index contributed by atoms with van der Waals surface area (Å²) in [6.45, 7) is 2.76. The van der Waals surface area contributed by atoms with Gasteiger partial charge >= 0.3 is 5.97 Å². The number of hydrogen-bond donors (Lipinski definition) is 0.